The van der Waals surface area contributed by atoms with E-state index in [1.165, 1.54) is 6.66 Å². The molecular weight excluding hydrogens is 151 g/mol. The highest BCUT2D eigenvalue weighted by Gasteiger charge is 2.04. The van der Waals surface area contributed by atoms with Crippen LogP contribution in [0.1, 0.15) is 0 Å². The molecule has 0 aromatic rings. The van der Waals surface area contributed by atoms with Gasteiger partial charge in [-0.05, 0) is 6.66 Å². The van der Waals surface area contributed by atoms with Crippen LogP contribution in [0.5, 0.6) is 0 Å². The van der Waals surface area contributed by atoms with E-state index in [0.29, 0.717) is 0 Å². The molecule has 0 spiro atoms. The smallest absolute Gasteiger partial charge is 0.271 e. The summed E-state index contributed by atoms with van der Waals surface area (Å²) < 4.78 is 37.7. The molecule has 50 valence electrons. The molecule has 0 saturated heterocycles. The quantitative estimate of drug-likeness (QED) is 0.454. The van der Waals surface area contributed by atoms with Gasteiger partial charge < -0.3 is 4.57 Å². The van der Waals surface area contributed by atoms with Gasteiger partial charge in [0.1, 0.15) is 5.49 Å². The summed E-state index contributed by atoms with van der Waals surface area (Å²) in [6.07, 6.45) is 0. The minimum Gasteiger partial charge on any atom is -0.326 e. The highest BCUT2D eigenvalue weighted by atomic mass is 32.2. The molecule has 4 nitrogen and oxygen atoms in total. The molecule has 0 amide bonds. The number of rotatable bonds is 2. The molecule has 0 radical (unpaired) electrons. The lowest BCUT2D eigenvalue weighted by Crippen LogP contribution is -1.98. The monoisotopic (exact) mass is 158 g/mol. The Hall–Kier alpha value is 0.140. The second kappa shape index (κ2) is 2.62. The van der Waals surface area contributed by atoms with Crippen molar-refractivity contribution >= 4 is 17.9 Å². The minimum absolute atomic E-state index is 0.600. The van der Waals surface area contributed by atoms with Gasteiger partial charge in [-0.2, -0.15) is 8.42 Å². The van der Waals surface area contributed by atoms with Gasteiger partial charge in [-0.1, -0.05) is 0 Å². The highest BCUT2D eigenvalue weighted by molar-refractivity contribution is 7.91. The van der Waals surface area contributed by atoms with Gasteiger partial charge in [-0.3, -0.25) is 4.55 Å². The van der Waals surface area contributed by atoms with Crippen LogP contribution in [0.3, 0.4) is 0 Å². The molecule has 0 aromatic heterocycles. The lowest BCUT2D eigenvalue weighted by atomic mass is 11.9. The van der Waals surface area contributed by atoms with Crippen molar-refractivity contribution in [2.75, 3.05) is 12.2 Å². The van der Waals surface area contributed by atoms with Gasteiger partial charge >= 0.3 is 0 Å². The van der Waals surface area contributed by atoms with Crippen LogP contribution in [0.25, 0.3) is 0 Å². The van der Waals surface area contributed by atoms with Gasteiger partial charge in [-0.25, -0.2) is 0 Å². The van der Waals surface area contributed by atoms with Crippen molar-refractivity contribution in [1.29, 1.82) is 0 Å². The molecule has 0 heterocycles. The first-order valence-electron chi connectivity index (χ1n) is 1.86. The molecule has 8 heavy (non-hydrogen) atoms. The van der Waals surface area contributed by atoms with Crippen LogP contribution in [-0.2, 0) is 14.7 Å². The Kier molecular flexibility index (Phi) is 2.66. The summed E-state index contributed by atoms with van der Waals surface area (Å²) in [6, 6.07) is 0. The van der Waals surface area contributed by atoms with Crippen LogP contribution in [-0.4, -0.2) is 25.1 Å². The predicted molar refractivity (Wildman–Crippen MR) is 31.3 cm³/mol. The fourth-order valence-electron chi connectivity index (χ4n) is 0.257. The van der Waals surface area contributed by atoms with Crippen molar-refractivity contribution in [3.63, 3.8) is 0 Å². The van der Waals surface area contributed by atoms with Gasteiger partial charge in [-0.15, -0.1) is 0 Å². The molecule has 0 aromatic carbocycles. The zero-order chi connectivity index (χ0) is 6.78. The SMILES string of the molecule is C[PH](=O)CS(=O)(=O)O. The zero-order valence-electron chi connectivity index (χ0n) is 4.29. The van der Waals surface area contributed by atoms with Gasteiger partial charge in [0, 0.05) is 0 Å². The van der Waals surface area contributed by atoms with Crippen molar-refractivity contribution in [3.8, 4) is 0 Å². The second-order valence-corrected chi connectivity index (χ2v) is 5.15. The third-order valence-electron chi connectivity index (χ3n) is 0.386. The van der Waals surface area contributed by atoms with E-state index in [1.807, 2.05) is 0 Å². The van der Waals surface area contributed by atoms with Crippen LogP contribution >= 0.6 is 7.80 Å². The Morgan fingerprint density at radius 1 is 1.62 bits per heavy atom. The molecule has 0 aliphatic carbocycles. The second-order valence-electron chi connectivity index (χ2n) is 1.43. The standard InChI is InChI=1S/C2H7O4PS/c1-7(3)2-8(4,5)6/h7H,2H2,1H3,(H,4,5,6). The summed E-state index contributed by atoms with van der Waals surface area (Å²) in [6.45, 7) is 1.28. The van der Waals surface area contributed by atoms with Gasteiger partial charge in [0.15, 0.2) is 0 Å². The normalized spacial score (nSPS) is 15.8. The van der Waals surface area contributed by atoms with Crippen LogP contribution in [0.2, 0.25) is 0 Å². The van der Waals surface area contributed by atoms with E-state index in [-0.39, 0.29) is 0 Å². The maximum absolute atomic E-state index is 10.1. The maximum Gasteiger partial charge on any atom is 0.271 e. The molecule has 1 atom stereocenters. The highest BCUT2D eigenvalue weighted by Crippen LogP contribution is 2.14. The zero-order valence-corrected chi connectivity index (χ0v) is 6.10. The van der Waals surface area contributed by atoms with E-state index in [0.717, 1.165) is 0 Å². The molecule has 0 saturated carbocycles. The number of hydrogen-bond acceptors (Lipinski definition) is 3. The lowest BCUT2D eigenvalue weighted by Gasteiger charge is -1.87. The van der Waals surface area contributed by atoms with Crippen molar-refractivity contribution < 1.29 is 17.5 Å². The van der Waals surface area contributed by atoms with Crippen LogP contribution < -0.4 is 0 Å². The van der Waals surface area contributed by atoms with Gasteiger partial charge in [0.2, 0.25) is 0 Å². The van der Waals surface area contributed by atoms with Crippen LogP contribution in [0.15, 0.2) is 0 Å². The van der Waals surface area contributed by atoms with E-state index in [9.17, 15) is 13.0 Å². The molecule has 1 unspecified atom stereocenters. The predicted octanol–water partition coefficient (Wildman–Crippen LogP) is 0.0212. The van der Waals surface area contributed by atoms with Gasteiger partial charge in [0.05, 0.1) is 7.80 Å². The van der Waals surface area contributed by atoms with Crippen molar-refractivity contribution in [2.45, 2.75) is 0 Å². The van der Waals surface area contributed by atoms with E-state index in [1.54, 1.807) is 0 Å². The van der Waals surface area contributed by atoms with E-state index in [2.05, 4.69) is 0 Å². The molecule has 0 fully saturated rings. The molecular formula is C2H7O4PS. The Morgan fingerprint density at radius 3 is 2.00 bits per heavy atom. The summed E-state index contributed by atoms with van der Waals surface area (Å²) in [5.74, 6) is 0. The first-order valence-corrected chi connectivity index (χ1v) is 5.59. The Labute approximate surface area is 48.4 Å². The average Bonchev–Trinajstić information content (AvgIpc) is 1.21. The van der Waals surface area contributed by atoms with Crippen molar-refractivity contribution in [3.05, 3.63) is 0 Å². The largest absolute Gasteiger partial charge is 0.326 e. The first kappa shape index (κ1) is 8.14. The maximum atomic E-state index is 10.1. The van der Waals surface area contributed by atoms with Crippen LogP contribution in [0.4, 0.5) is 0 Å². The third-order valence-corrected chi connectivity index (χ3v) is 3.47. The van der Waals surface area contributed by atoms with Crippen molar-refractivity contribution in [2.24, 2.45) is 0 Å². The van der Waals surface area contributed by atoms with E-state index >= 15 is 0 Å². The van der Waals surface area contributed by atoms with Crippen LogP contribution in [0, 0.1) is 0 Å². The molecule has 0 rings (SSSR count). The summed E-state index contributed by atoms with van der Waals surface area (Å²) in [7, 11) is -6.07. The summed E-state index contributed by atoms with van der Waals surface area (Å²) >= 11 is 0. The fraction of sp³-hybridized carbons (Fsp3) is 1.00. The molecule has 6 heteroatoms. The topological polar surface area (TPSA) is 71.4 Å². The summed E-state index contributed by atoms with van der Waals surface area (Å²) in [5.41, 5.74) is -0.600. The molecule has 0 aliphatic heterocycles. The summed E-state index contributed by atoms with van der Waals surface area (Å²) in [4.78, 5) is 0. The van der Waals surface area contributed by atoms with Gasteiger partial charge in [0.25, 0.3) is 10.1 Å². The third kappa shape index (κ3) is 6.14. The average molecular weight is 158 g/mol. The first-order chi connectivity index (χ1) is 3.42. The Morgan fingerprint density at radius 2 is 2.00 bits per heavy atom. The Balaban J connectivity index is 3.95. The van der Waals surface area contributed by atoms with Crippen molar-refractivity contribution in [1.82, 2.24) is 0 Å². The molecule has 1 N–H and O–H groups in total. The molecule has 0 aliphatic rings. The van der Waals surface area contributed by atoms with E-state index < -0.39 is 23.4 Å². The minimum atomic E-state index is -3.99. The molecule has 0 bridgehead atoms. The fourth-order valence-corrected chi connectivity index (χ4v) is 2.31. The number of hydrogen-bond donors (Lipinski definition) is 1. The summed E-state index contributed by atoms with van der Waals surface area (Å²) in [5, 5.41) is 0. The van der Waals surface area contributed by atoms with E-state index in [4.69, 9.17) is 4.55 Å². The lowest BCUT2D eigenvalue weighted by molar-refractivity contribution is 0.488. The Bertz CT molecular complexity index is 180.